The van der Waals surface area contributed by atoms with Crippen LogP contribution in [0.25, 0.3) is 10.2 Å². The van der Waals surface area contributed by atoms with Crippen LogP contribution < -0.4 is 10.4 Å². The van der Waals surface area contributed by atoms with Crippen LogP contribution in [0.2, 0.25) is 0 Å². The smallest absolute Gasteiger partial charge is 0.142 e. The number of carboxylic acids is 1. The SMILES string of the molecule is O=C([O-])CSCc1nc(NCc2ccccc2)c2c3c(sc2n1)CCCC3. The number of thioether (sulfide) groups is 1. The summed E-state index contributed by atoms with van der Waals surface area (Å²) in [6.07, 6.45) is 4.63. The fourth-order valence-electron chi connectivity index (χ4n) is 3.40. The topological polar surface area (TPSA) is 77.9 Å². The highest BCUT2D eigenvalue weighted by atomic mass is 32.2. The molecule has 0 fully saturated rings. The van der Waals surface area contributed by atoms with Gasteiger partial charge in [0.25, 0.3) is 0 Å². The lowest BCUT2D eigenvalue weighted by Crippen LogP contribution is -2.24. The monoisotopic (exact) mass is 398 g/mol. The molecule has 2 heterocycles. The quantitative estimate of drug-likeness (QED) is 0.659. The Bertz CT molecular complexity index is 957. The Labute approximate surface area is 166 Å². The van der Waals surface area contributed by atoms with Gasteiger partial charge < -0.3 is 15.2 Å². The molecule has 140 valence electrons. The van der Waals surface area contributed by atoms with E-state index in [1.54, 1.807) is 11.3 Å². The number of carbonyl (C=O) groups excluding carboxylic acids is 1. The maximum Gasteiger partial charge on any atom is 0.142 e. The van der Waals surface area contributed by atoms with Gasteiger partial charge in [-0.25, -0.2) is 9.97 Å². The summed E-state index contributed by atoms with van der Waals surface area (Å²) in [4.78, 5) is 22.6. The average Bonchev–Trinajstić information content (AvgIpc) is 3.05. The number of carbonyl (C=O) groups is 1. The van der Waals surface area contributed by atoms with Crippen LogP contribution in [0.15, 0.2) is 30.3 Å². The number of aryl methyl sites for hydroxylation is 2. The Kier molecular flexibility index (Phi) is 5.59. The van der Waals surface area contributed by atoms with Gasteiger partial charge in [0.1, 0.15) is 16.5 Å². The Morgan fingerprint density at radius 2 is 2.00 bits per heavy atom. The molecule has 1 N–H and O–H groups in total. The summed E-state index contributed by atoms with van der Waals surface area (Å²) in [6, 6.07) is 10.2. The molecular weight excluding hydrogens is 378 g/mol. The van der Waals surface area contributed by atoms with Crippen molar-refractivity contribution in [3.05, 3.63) is 52.2 Å². The van der Waals surface area contributed by atoms with Gasteiger partial charge in [-0.2, -0.15) is 0 Å². The number of hydrogen-bond donors (Lipinski definition) is 1. The molecule has 0 aliphatic heterocycles. The van der Waals surface area contributed by atoms with Crippen molar-refractivity contribution in [3.63, 3.8) is 0 Å². The fraction of sp³-hybridized carbons (Fsp3) is 0.350. The summed E-state index contributed by atoms with van der Waals surface area (Å²) < 4.78 is 0. The van der Waals surface area contributed by atoms with Gasteiger partial charge in [-0.05, 0) is 36.8 Å². The second kappa shape index (κ2) is 8.27. The number of thiophene rings is 1. The van der Waals surface area contributed by atoms with E-state index in [0.717, 1.165) is 28.9 Å². The van der Waals surface area contributed by atoms with Crippen molar-refractivity contribution >= 4 is 45.1 Å². The van der Waals surface area contributed by atoms with Gasteiger partial charge in [0.15, 0.2) is 0 Å². The van der Waals surface area contributed by atoms with Crippen LogP contribution in [0.5, 0.6) is 0 Å². The first-order chi connectivity index (χ1) is 13.2. The number of carboxylic acid groups (broad SMARTS) is 1. The lowest BCUT2D eigenvalue weighted by Gasteiger charge is -2.13. The summed E-state index contributed by atoms with van der Waals surface area (Å²) in [6.45, 7) is 0.698. The van der Waals surface area contributed by atoms with E-state index in [0.29, 0.717) is 18.1 Å². The summed E-state index contributed by atoms with van der Waals surface area (Å²) in [5.74, 6) is 0.895. The molecule has 7 heteroatoms. The molecule has 2 aromatic heterocycles. The minimum Gasteiger partial charge on any atom is -0.549 e. The van der Waals surface area contributed by atoms with Gasteiger partial charge in [-0.15, -0.1) is 23.1 Å². The number of hydrogen-bond acceptors (Lipinski definition) is 7. The molecule has 27 heavy (non-hydrogen) atoms. The molecule has 3 aromatic rings. The van der Waals surface area contributed by atoms with E-state index >= 15 is 0 Å². The van der Waals surface area contributed by atoms with E-state index < -0.39 is 5.97 Å². The standard InChI is InChI=1S/C20H21N3O2S2/c24-17(25)12-26-11-16-22-19(21-10-13-6-2-1-3-7-13)18-14-8-4-5-9-15(14)27-20(18)23-16/h1-3,6-7H,4-5,8-12H2,(H,24,25)(H,21,22,23)/p-1. The normalized spacial score (nSPS) is 13.5. The number of anilines is 1. The molecule has 0 unspecified atom stereocenters. The number of rotatable bonds is 7. The van der Waals surface area contributed by atoms with Crippen molar-refractivity contribution < 1.29 is 9.90 Å². The number of aromatic nitrogens is 2. The van der Waals surface area contributed by atoms with Crippen LogP contribution in [0.1, 0.15) is 34.7 Å². The highest BCUT2D eigenvalue weighted by Gasteiger charge is 2.21. The van der Waals surface area contributed by atoms with Crippen LogP contribution in [-0.2, 0) is 29.9 Å². The van der Waals surface area contributed by atoms with E-state index in [1.165, 1.54) is 40.6 Å². The lowest BCUT2D eigenvalue weighted by molar-refractivity contribution is -0.301. The van der Waals surface area contributed by atoms with Crippen LogP contribution in [0.3, 0.4) is 0 Å². The summed E-state index contributed by atoms with van der Waals surface area (Å²) in [7, 11) is 0. The van der Waals surface area contributed by atoms with Gasteiger partial charge in [0.05, 0.1) is 17.1 Å². The van der Waals surface area contributed by atoms with Gasteiger partial charge in [0.2, 0.25) is 0 Å². The van der Waals surface area contributed by atoms with Crippen LogP contribution in [0.4, 0.5) is 5.82 Å². The highest BCUT2D eigenvalue weighted by molar-refractivity contribution is 7.99. The van der Waals surface area contributed by atoms with E-state index in [4.69, 9.17) is 9.97 Å². The van der Waals surface area contributed by atoms with Crippen LogP contribution in [0, 0.1) is 0 Å². The second-order valence-electron chi connectivity index (χ2n) is 6.58. The van der Waals surface area contributed by atoms with Crippen molar-refractivity contribution in [2.24, 2.45) is 0 Å². The predicted molar refractivity (Wildman–Crippen MR) is 109 cm³/mol. The van der Waals surface area contributed by atoms with Gasteiger partial charge in [-0.3, -0.25) is 0 Å². The molecule has 0 atom stereocenters. The van der Waals surface area contributed by atoms with Gasteiger partial charge in [-0.1, -0.05) is 30.3 Å². The van der Waals surface area contributed by atoms with E-state index in [2.05, 4.69) is 17.4 Å². The van der Waals surface area contributed by atoms with Gasteiger partial charge in [0, 0.05) is 17.2 Å². The predicted octanol–water partition coefficient (Wildman–Crippen LogP) is 3.17. The molecule has 5 nitrogen and oxygen atoms in total. The molecule has 1 aromatic carbocycles. The third-order valence-corrected chi connectivity index (χ3v) is 6.70. The van der Waals surface area contributed by atoms with Crippen LogP contribution >= 0.6 is 23.1 Å². The third kappa shape index (κ3) is 4.25. The molecule has 0 spiro atoms. The first-order valence-corrected chi connectivity index (χ1v) is 11.0. The van der Waals surface area contributed by atoms with Crippen molar-refractivity contribution in [1.82, 2.24) is 9.97 Å². The van der Waals surface area contributed by atoms with E-state index in [9.17, 15) is 9.90 Å². The summed E-state index contributed by atoms with van der Waals surface area (Å²) >= 11 is 3.03. The lowest BCUT2D eigenvalue weighted by atomic mass is 9.97. The van der Waals surface area contributed by atoms with Crippen molar-refractivity contribution in [2.75, 3.05) is 11.1 Å². The van der Waals surface area contributed by atoms with Crippen LogP contribution in [-0.4, -0.2) is 21.7 Å². The number of benzene rings is 1. The summed E-state index contributed by atoms with van der Waals surface area (Å²) in [5, 5.41) is 15.3. The summed E-state index contributed by atoms with van der Waals surface area (Å²) in [5.41, 5.74) is 2.59. The van der Waals surface area contributed by atoms with Crippen molar-refractivity contribution in [1.29, 1.82) is 0 Å². The minimum absolute atomic E-state index is 0.0465. The zero-order chi connectivity index (χ0) is 18.6. The zero-order valence-electron chi connectivity index (χ0n) is 14.9. The molecule has 0 saturated heterocycles. The van der Waals surface area contributed by atoms with Gasteiger partial charge >= 0.3 is 0 Å². The average molecular weight is 399 g/mol. The second-order valence-corrected chi connectivity index (χ2v) is 8.65. The van der Waals surface area contributed by atoms with E-state index in [-0.39, 0.29) is 5.75 Å². The highest BCUT2D eigenvalue weighted by Crippen LogP contribution is 2.39. The molecule has 4 rings (SSSR count). The number of fused-ring (bicyclic) bond motifs is 3. The Hall–Kier alpha value is -2.12. The molecular formula is C20H20N3O2S2-. The number of aliphatic carboxylic acids is 1. The molecule has 0 saturated carbocycles. The number of nitrogens with zero attached hydrogens (tertiary/aromatic N) is 2. The molecule has 1 aliphatic carbocycles. The maximum absolute atomic E-state index is 10.7. The Morgan fingerprint density at radius 3 is 2.81 bits per heavy atom. The molecule has 0 amide bonds. The molecule has 1 aliphatic rings. The fourth-order valence-corrected chi connectivity index (χ4v) is 5.26. The van der Waals surface area contributed by atoms with E-state index in [1.807, 2.05) is 18.2 Å². The first-order valence-electron chi connectivity index (χ1n) is 9.07. The first kappa shape index (κ1) is 18.3. The van der Waals surface area contributed by atoms with Crippen molar-refractivity contribution in [3.8, 4) is 0 Å². The zero-order valence-corrected chi connectivity index (χ0v) is 16.5. The Morgan fingerprint density at radius 1 is 1.19 bits per heavy atom. The van der Waals surface area contributed by atoms with Crippen molar-refractivity contribution in [2.45, 2.75) is 38.0 Å². The molecule has 0 radical (unpaired) electrons. The number of nitrogens with one attached hydrogen (secondary N) is 1. The third-order valence-electron chi connectivity index (χ3n) is 4.61. The minimum atomic E-state index is -1.06. The molecule has 0 bridgehead atoms. The largest absolute Gasteiger partial charge is 0.549 e. The maximum atomic E-state index is 10.7. The Balaban J connectivity index is 1.66.